The van der Waals surface area contributed by atoms with Gasteiger partial charge in [-0.05, 0) is 6.92 Å². The molecular formula is C10H20O5. The molecule has 0 aromatic rings. The molecule has 0 aromatic heterocycles. The van der Waals surface area contributed by atoms with Gasteiger partial charge in [-0.2, -0.15) is 0 Å². The highest BCUT2D eigenvalue weighted by atomic mass is 16.6. The van der Waals surface area contributed by atoms with Crippen LogP contribution in [-0.2, 0) is 18.9 Å². The van der Waals surface area contributed by atoms with E-state index in [1.165, 1.54) is 0 Å². The van der Waals surface area contributed by atoms with Crippen LogP contribution in [0.3, 0.4) is 0 Å². The molecule has 0 aliphatic carbocycles. The molecule has 90 valence electrons. The predicted molar refractivity (Wildman–Crippen MR) is 53.8 cm³/mol. The smallest absolute Gasteiger partial charge is 0.114 e. The molecule has 1 N–H and O–H groups in total. The molecule has 5 heteroatoms. The zero-order valence-corrected chi connectivity index (χ0v) is 9.67. The Morgan fingerprint density at radius 2 is 1.53 bits per heavy atom. The monoisotopic (exact) mass is 220 g/mol. The molecule has 1 aliphatic rings. The highest BCUT2D eigenvalue weighted by molar-refractivity contribution is 4.93. The Hall–Kier alpha value is -0.200. The zero-order valence-electron chi connectivity index (χ0n) is 9.67. The van der Waals surface area contributed by atoms with Gasteiger partial charge in [-0.25, -0.2) is 0 Å². The SMILES string of the molecule is CO[C@@H]1[C@H](OC)[C@H](C)O[C@@H](CO)[C@H]1OC. The highest BCUT2D eigenvalue weighted by Crippen LogP contribution is 2.26. The molecule has 1 fully saturated rings. The van der Waals surface area contributed by atoms with Gasteiger partial charge in [-0.15, -0.1) is 0 Å². The summed E-state index contributed by atoms with van der Waals surface area (Å²) in [6, 6.07) is 0. The highest BCUT2D eigenvalue weighted by Gasteiger charge is 2.44. The molecule has 0 radical (unpaired) electrons. The van der Waals surface area contributed by atoms with E-state index in [1.54, 1.807) is 21.3 Å². The van der Waals surface area contributed by atoms with E-state index in [4.69, 9.17) is 18.9 Å². The second-order valence-electron chi connectivity index (χ2n) is 3.66. The number of aliphatic hydroxyl groups excluding tert-OH is 1. The second kappa shape index (κ2) is 5.77. The van der Waals surface area contributed by atoms with Crippen LogP contribution in [0.5, 0.6) is 0 Å². The summed E-state index contributed by atoms with van der Waals surface area (Å²) in [5.41, 5.74) is 0. The van der Waals surface area contributed by atoms with Gasteiger partial charge in [0.05, 0.1) is 12.7 Å². The zero-order chi connectivity index (χ0) is 11.4. The maximum atomic E-state index is 9.18. The van der Waals surface area contributed by atoms with E-state index in [1.807, 2.05) is 6.92 Å². The summed E-state index contributed by atoms with van der Waals surface area (Å²) in [4.78, 5) is 0. The molecule has 15 heavy (non-hydrogen) atoms. The van der Waals surface area contributed by atoms with Gasteiger partial charge < -0.3 is 24.1 Å². The van der Waals surface area contributed by atoms with Crippen LogP contribution in [0.1, 0.15) is 6.92 Å². The van der Waals surface area contributed by atoms with Crippen LogP contribution in [0.2, 0.25) is 0 Å². The average Bonchev–Trinajstić information content (AvgIpc) is 2.27. The Morgan fingerprint density at radius 3 is 1.93 bits per heavy atom. The van der Waals surface area contributed by atoms with E-state index < -0.39 is 0 Å². The molecule has 5 atom stereocenters. The lowest BCUT2D eigenvalue weighted by atomic mass is 9.95. The van der Waals surface area contributed by atoms with Crippen molar-refractivity contribution >= 4 is 0 Å². The lowest BCUT2D eigenvalue weighted by molar-refractivity contribution is -0.243. The minimum atomic E-state index is -0.360. The summed E-state index contributed by atoms with van der Waals surface area (Å²) in [6.07, 6.45) is -1.19. The first kappa shape index (κ1) is 12.9. The molecule has 1 saturated heterocycles. The van der Waals surface area contributed by atoms with Crippen LogP contribution >= 0.6 is 0 Å². The fourth-order valence-corrected chi connectivity index (χ4v) is 2.12. The van der Waals surface area contributed by atoms with Crippen molar-refractivity contribution < 1.29 is 24.1 Å². The largest absolute Gasteiger partial charge is 0.394 e. The number of hydrogen-bond acceptors (Lipinski definition) is 5. The molecule has 1 rings (SSSR count). The Bertz CT molecular complexity index is 187. The Morgan fingerprint density at radius 1 is 1.00 bits per heavy atom. The first-order valence-electron chi connectivity index (χ1n) is 5.04. The van der Waals surface area contributed by atoms with E-state index in [2.05, 4.69) is 0 Å². The van der Waals surface area contributed by atoms with Crippen molar-refractivity contribution in [3.63, 3.8) is 0 Å². The van der Waals surface area contributed by atoms with Crippen LogP contribution < -0.4 is 0 Å². The quantitative estimate of drug-likeness (QED) is 0.711. The predicted octanol–water partition coefficient (Wildman–Crippen LogP) is -0.189. The Kier molecular flexibility index (Phi) is 4.95. The molecule has 1 heterocycles. The minimum Gasteiger partial charge on any atom is -0.394 e. The van der Waals surface area contributed by atoms with E-state index in [0.717, 1.165) is 0 Å². The van der Waals surface area contributed by atoms with Crippen LogP contribution in [0.4, 0.5) is 0 Å². The topological polar surface area (TPSA) is 57.2 Å². The van der Waals surface area contributed by atoms with Gasteiger partial charge in [0.1, 0.15) is 24.4 Å². The first-order valence-corrected chi connectivity index (χ1v) is 5.04. The Balaban J connectivity index is 2.80. The summed E-state index contributed by atoms with van der Waals surface area (Å²) in [7, 11) is 4.79. The fraction of sp³-hybridized carbons (Fsp3) is 1.00. The standard InChI is InChI=1S/C10H20O5/c1-6-8(12-2)10(14-4)9(13-3)7(5-11)15-6/h6-11H,5H2,1-4H3/t6-,7-,8+,9+,10+/m0/s1. The number of methoxy groups -OCH3 is 3. The van der Waals surface area contributed by atoms with Gasteiger partial charge in [0.15, 0.2) is 0 Å². The van der Waals surface area contributed by atoms with Crippen LogP contribution in [0.25, 0.3) is 0 Å². The van der Waals surface area contributed by atoms with Gasteiger partial charge >= 0.3 is 0 Å². The number of ether oxygens (including phenoxy) is 4. The van der Waals surface area contributed by atoms with Crippen LogP contribution in [-0.4, -0.2) is 63.6 Å². The molecule has 0 bridgehead atoms. The summed E-state index contributed by atoms with van der Waals surface area (Å²) in [6.45, 7) is 1.81. The van der Waals surface area contributed by atoms with Gasteiger partial charge in [0.2, 0.25) is 0 Å². The third kappa shape index (κ3) is 2.49. The molecule has 0 aromatic carbocycles. The molecule has 0 unspecified atom stereocenters. The number of rotatable bonds is 4. The summed E-state index contributed by atoms with van der Waals surface area (Å²) >= 11 is 0. The molecular weight excluding hydrogens is 200 g/mol. The summed E-state index contributed by atoms with van der Waals surface area (Å²) < 4.78 is 21.6. The van der Waals surface area contributed by atoms with Crippen molar-refractivity contribution in [2.45, 2.75) is 37.4 Å². The number of aliphatic hydroxyl groups is 1. The van der Waals surface area contributed by atoms with Gasteiger partial charge in [0.25, 0.3) is 0 Å². The lowest BCUT2D eigenvalue weighted by Crippen LogP contribution is -2.59. The summed E-state index contributed by atoms with van der Waals surface area (Å²) in [5, 5.41) is 9.18. The normalized spacial score (nSPS) is 41.8. The molecule has 0 amide bonds. The van der Waals surface area contributed by atoms with Crippen molar-refractivity contribution in [1.82, 2.24) is 0 Å². The summed E-state index contributed by atoms with van der Waals surface area (Å²) in [5.74, 6) is 0. The van der Waals surface area contributed by atoms with Crippen molar-refractivity contribution in [3.05, 3.63) is 0 Å². The van der Waals surface area contributed by atoms with Crippen molar-refractivity contribution in [2.75, 3.05) is 27.9 Å². The third-order valence-electron chi connectivity index (χ3n) is 2.86. The number of hydrogen-bond donors (Lipinski definition) is 1. The minimum absolute atomic E-state index is 0.0842. The lowest BCUT2D eigenvalue weighted by Gasteiger charge is -2.43. The van der Waals surface area contributed by atoms with Crippen LogP contribution in [0.15, 0.2) is 0 Å². The molecule has 0 spiro atoms. The van der Waals surface area contributed by atoms with Crippen molar-refractivity contribution in [2.24, 2.45) is 0 Å². The van der Waals surface area contributed by atoms with E-state index in [0.29, 0.717) is 0 Å². The van der Waals surface area contributed by atoms with Gasteiger partial charge in [0, 0.05) is 21.3 Å². The maximum absolute atomic E-state index is 9.18. The molecule has 0 saturated carbocycles. The van der Waals surface area contributed by atoms with E-state index >= 15 is 0 Å². The maximum Gasteiger partial charge on any atom is 0.114 e. The van der Waals surface area contributed by atoms with Gasteiger partial charge in [-0.1, -0.05) is 0 Å². The molecule has 5 nitrogen and oxygen atoms in total. The Labute approximate surface area is 90.3 Å². The molecule has 1 aliphatic heterocycles. The van der Waals surface area contributed by atoms with E-state index in [9.17, 15) is 5.11 Å². The average molecular weight is 220 g/mol. The van der Waals surface area contributed by atoms with E-state index in [-0.39, 0.29) is 37.1 Å². The second-order valence-corrected chi connectivity index (χ2v) is 3.66. The van der Waals surface area contributed by atoms with Crippen molar-refractivity contribution in [3.8, 4) is 0 Å². The van der Waals surface area contributed by atoms with Gasteiger partial charge in [-0.3, -0.25) is 0 Å². The van der Waals surface area contributed by atoms with Crippen molar-refractivity contribution in [1.29, 1.82) is 0 Å². The third-order valence-corrected chi connectivity index (χ3v) is 2.86. The fourth-order valence-electron chi connectivity index (χ4n) is 2.12. The van der Waals surface area contributed by atoms with Crippen LogP contribution in [0, 0.1) is 0 Å². The first-order chi connectivity index (χ1) is 7.19.